The highest BCUT2D eigenvalue weighted by Crippen LogP contribution is 2.14. The fraction of sp³-hybridized carbons (Fsp3) is 0.800. The predicted molar refractivity (Wildman–Crippen MR) is 55.4 cm³/mol. The first kappa shape index (κ1) is 11.8. The molecule has 15 heavy (non-hydrogen) atoms. The van der Waals surface area contributed by atoms with Gasteiger partial charge in [-0.3, -0.25) is 4.79 Å². The number of amides is 2. The van der Waals surface area contributed by atoms with E-state index >= 15 is 0 Å². The van der Waals surface area contributed by atoms with Crippen LogP contribution in [0.4, 0.5) is 4.79 Å². The largest absolute Gasteiger partial charge is 0.444 e. The molecule has 1 aliphatic rings. The van der Waals surface area contributed by atoms with Crippen molar-refractivity contribution in [2.45, 2.75) is 38.8 Å². The number of ether oxygens (including phenoxy) is 1. The molecular formula is C10H18N2O3. The molecule has 5 nitrogen and oxygen atoms in total. The summed E-state index contributed by atoms with van der Waals surface area (Å²) in [5.74, 6) is 0. The summed E-state index contributed by atoms with van der Waals surface area (Å²) in [6, 6.07) is 0.0648. The summed E-state index contributed by atoms with van der Waals surface area (Å²) < 4.78 is 5.22. The number of carbonyl (C=O) groups is 2. The van der Waals surface area contributed by atoms with Crippen LogP contribution in [-0.4, -0.2) is 42.1 Å². The van der Waals surface area contributed by atoms with Crippen molar-refractivity contribution >= 4 is 12.5 Å². The van der Waals surface area contributed by atoms with Crippen molar-refractivity contribution in [3.63, 3.8) is 0 Å². The van der Waals surface area contributed by atoms with Crippen molar-refractivity contribution in [2.75, 3.05) is 13.1 Å². The monoisotopic (exact) mass is 214 g/mol. The van der Waals surface area contributed by atoms with E-state index in [2.05, 4.69) is 5.32 Å². The van der Waals surface area contributed by atoms with E-state index < -0.39 is 5.60 Å². The first-order valence-corrected chi connectivity index (χ1v) is 5.10. The van der Waals surface area contributed by atoms with Gasteiger partial charge in [0, 0.05) is 19.1 Å². The summed E-state index contributed by atoms with van der Waals surface area (Å²) in [6.07, 6.45) is 1.15. The van der Waals surface area contributed by atoms with Crippen LogP contribution in [0.15, 0.2) is 0 Å². The van der Waals surface area contributed by atoms with E-state index in [0.717, 1.165) is 6.42 Å². The van der Waals surface area contributed by atoms with Gasteiger partial charge in [0.2, 0.25) is 6.41 Å². The molecule has 2 amide bonds. The van der Waals surface area contributed by atoms with Crippen molar-refractivity contribution in [1.29, 1.82) is 0 Å². The molecule has 1 rings (SSSR count). The van der Waals surface area contributed by atoms with Crippen LogP contribution in [0.3, 0.4) is 0 Å². The molecule has 1 atom stereocenters. The Labute approximate surface area is 89.8 Å². The third kappa shape index (κ3) is 3.77. The molecule has 0 bridgehead atoms. The summed E-state index contributed by atoms with van der Waals surface area (Å²) in [7, 11) is 0. The molecule has 0 aromatic rings. The Morgan fingerprint density at radius 1 is 1.53 bits per heavy atom. The number of hydrogen-bond donors (Lipinski definition) is 1. The average molecular weight is 214 g/mol. The maximum absolute atomic E-state index is 11.6. The Morgan fingerprint density at radius 2 is 2.20 bits per heavy atom. The van der Waals surface area contributed by atoms with Gasteiger partial charge in [-0.2, -0.15) is 0 Å². The van der Waals surface area contributed by atoms with Crippen LogP contribution in [0.1, 0.15) is 27.2 Å². The normalized spacial score (nSPS) is 21.3. The summed E-state index contributed by atoms with van der Waals surface area (Å²) in [6.45, 7) is 6.68. The SMILES string of the molecule is CC(C)(C)OC(=O)N1CCC(NC=O)C1. The van der Waals surface area contributed by atoms with E-state index in [4.69, 9.17) is 4.74 Å². The molecule has 0 aliphatic carbocycles. The van der Waals surface area contributed by atoms with Crippen LogP contribution >= 0.6 is 0 Å². The van der Waals surface area contributed by atoms with Crippen LogP contribution in [0, 0.1) is 0 Å². The summed E-state index contributed by atoms with van der Waals surface area (Å²) in [5, 5.41) is 2.66. The molecule has 0 aromatic carbocycles. The second kappa shape index (κ2) is 4.51. The number of carbonyl (C=O) groups excluding carboxylic acids is 2. The van der Waals surface area contributed by atoms with Crippen LogP contribution in [0.2, 0.25) is 0 Å². The zero-order valence-corrected chi connectivity index (χ0v) is 9.45. The lowest BCUT2D eigenvalue weighted by Crippen LogP contribution is -2.38. The first-order valence-electron chi connectivity index (χ1n) is 5.10. The molecule has 0 radical (unpaired) electrons. The number of nitrogens with one attached hydrogen (secondary N) is 1. The number of hydrogen-bond acceptors (Lipinski definition) is 3. The number of likely N-dealkylation sites (tertiary alicyclic amines) is 1. The van der Waals surface area contributed by atoms with E-state index in [-0.39, 0.29) is 12.1 Å². The minimum Gasteiger partial charge on any atom is -0.444 e. The highest BCUT2D eigenvalue weighted by molar-refractivity contribution is 5.68. The van der Waals surface area contributed by atoms with Gasteiger partial charge in [0.25, 0.3) is 0 Å². The van der Waals surface area contributed by atoms with Crippen molar-refractivity contribution in [1.82, 2.24) is 10.2 Å². The third-order valence-corrected chi connectivity index (χ3v) is 2.14. The predicted octanol–water partition coefficient (Wildman–Crippen LogP) is 0.742. The molecule has 1 fully saturated rings. The van der Waals surface area contributed by atoms with E-state index in [0.29, 0.717) is 19.5 Å². The minimum absolute atomic E-state index is 0.0648. The Morgan fingerprint density at radius 3 is 2.73 bits per heavy atom. The molecule has 0 aromatic heterocycles. The molecule has 1 saturated heterocycles. The standard InChI is InChI=1S/C10H18N2O3/c1-10(2,3)15-9(14)12-5-4-8(6-12)11-7-13/h7-8H,4-6H2,1-3H3,(H,11,13). The van der Waals surface area contributed by atoms with Gasteiger partial charge in [-0.05, 0) is 27.2 Å². The van der Waals surface area contributed by atoms with Gasteiger partial charge in [-0.1, -0.05) is 0 Å². The zero-order valence-electron chi connectivity index (χ0n) is 9.45. The molecule has 1 unspecified atom stereocenters. The smallest absolute Gasteiger partial charge is 0.410 e. The van der Waals surface area contributed by atoms with E-state index in [9.17, 15) is 9.59 Å². The molecule has 1 aliphatic heterocycles. The first-order chi connectivity index (χ1) is 6.92. The van der Waals surface area contributed by atoms with Crippen LogP contribution in [-0.2, 0) is 9.53 Å². The topological polar surface area (TPSA) is 58.6 Å². The van der Waals surface area contributed by atoms with E-state index in [1.165, 1.54) is 0 Å². The van der Waals surface area contributed by atoms with Crippen molar-refractivity contribution in [3.05, 3.63) is 0 Å². The summed E-state index contributed by atoms with van der Waals surface area (Å²) >= 11 is 0. The highest BCUT2D eigenvalue weighted by Gasteiger charge is 2.29. The van der Waals surface area contributed by atoms with Crippen LogP contribution in [0.5, 0.6) is 0 Å². The Hall–Kier alpha value is -1.26. The Balaban J connectivity index is 2.40. The lowest BCUT2D eigenvalue weighted by molar-refractivity contribution is -0.110. The second-order valence-corrected chi connectivity index (χ2v) is 4.70. The van der Waals surface area contributed by atoms with Gasteiger partial charge in [-0.25, -0.2) is 4.79 Å². The van der Waals surface area contributed by atoms with Gasteiger partial charge >= 0.3 is 6.09 Å². The van der Waals surface area contributed by atoms with Crippen molar-refractivity contribution < 1.29 is 14.3 Å². The minimum atomic E-state index is -0.465. The van der Waals surface area contributed by atoms with Crippen LogP contribution in [0.25, 0.3) is 0 Å². The molecule has 0 saturated carbocycles. The van der Waals surface area contributed by atoms with Crippen LogP contribution < -0.4 is 5.32 Å². The number of rotatable bonds is 2. The molecule has 86 valence electrons. The van der Waals surface area contributed by atoms with Gasteiger partial charge in [0.15, 0.2) is 0 Å². The van der Waals surface area contributed by atoms with Crippen molar-refractivity contribution in [2.24, 2.45) is 0 Å². The fourth-order valence-electron chi connectivity index (χ4n) is 1.48. The zero-order chi connectivity index (χ0) is 11.5. The maximum atomic E-state index is 11.6. The molecule has 1 heterocycles. The van der Waals surface area contributed by atoms with Gasteiger partial charge in [0.1, 0.15) is 5.60 Å². The molecule has 5 heteroatoms. The van der Waals surface area contributed by atoms with Gasteiger partial charge < -0.3 is 15.0 Å². The maximum Gasteiger partial charge on any atom is 0.410 e. The lowest BCUT2D eigenvalue weighted by Gasteiger charge is -2.24. The Bertz CT molecular complexity index is 248. The highest BCUT2D eigenvalue weighted by atomic mass is 16.6. The van der Waals surface area contributed by atoms with E-state index in [1.54, 1.807) is 4.90 Å². The average Bonchev–Trinajstić information content (AvgIpc) is 2.50. The van der Waals surface area contributed by atoms with E-state index in [1.807, 2.05) is 20.8 Å². The number of nitrogens with zero attached hydrogens (tertiary/aromatic N) is 1. The quantitative estimate of drug-likeness (QED) is 0.690. The Kier molecular flexibility index (Phi) is 3.55. The molecule has 0 spiro atoms. The van der Waals surface area contributed by atoms with Gasteiger partial charge in [-0.15, -0.1) is 0 Å². The second-order valence-electron chi connectivity index (χ2n) is 4.70. The summed E-state index contributed by atoms with van der Waals surface area (Å²) in [5.41, 5.74) is -0.465. The molecule has 1 N–H and O–H groups in total. The summed E-state index contributed by atoms with van der Waals surface area (Å²) in [4.78, 5) is 23.4. The third-order valence-electron chi connectivity index (χ3n) is 2.14. The van der Waals surface area contributed by atoms with Crippen molar-refractivity contribution in [3.8, 4) is 0 Å². The fourth-order valence-corrected chi connectivity index (χ4v) is 1.48. The van der Waals surface area contributed by atoms with Gasteiger partial charge in [0.05, 0.1) is 0 Å². The molecular weight excluding hydrogens is 196 g/mol. The lowest BCUT2D eigenvalue weighted by atomic mass is 10.2.